The molecule has 0 atom stereocenters. The molecule has 2 aromatic rings. The van der Waals surface area contributed by atoms with E-state index < -0.39 is 10.0 Å². The number of para-hydroxylation sites is 1. The molecule has 2 rings (SSSR count). The Morgan fingerprint density at radius 2 is 1.77 bits per heavy atom. The summed E-state index contributed by atoms with van der Waals surface area (Å²) in [5.41, 5.74) is 0.644. The summed E-state index contributed by atoms with van der Waals surface area (Å²) in [5, 5.41) is 0. The molecule has 4 nitrogen and oxygen atoms in total. The van der Waals surface area contributed by atoms with Crippen LogP contribution in [0.3, 0.4) is 0 Å². The van der Waals surface area contributed by atoms with Crippen molar-refractivity contribution in [2.75, 3.05) is 17.5 Å². The van der Waals surface area contributed by atoms with Crippen molar-refractivity contribution in [3.05, 3.63) is 53.0 Å². The Balaban J connectivity index is 2.47. The number of hydrogen-bond acceptors (Lipinski definition) is 3. The molecule has 0 aromatic heterocycles. The van der Waals surface area contributed by atoms with Crippen LogP contribution in [-0.2, 0) is 10.0 Å². The molecule has 0 fully saturated rings. The van der Waals surface area contributed by atoms with E-state index in [-0.39, 0.29) is 4.90 Å². The number of sulfonamides is 1. The maximum absolute atomic E-state index is 12.9. The van der Waals surface area contributed by atoms with Crippen LogP contribution in [-0.4, -0.2) is 21.6 Å². The van der Waals surface area contributed by atoms with Crippen LogP contribution in [0.5, 0.6) is 5.75 Å². The summed E-state index contributed by atoms with van der Waals surface area (Å²) in [7, 11) is -3.63. The highest BCUT2D eigenvalue weighted by Gasteiger charge is 2.24. The molecule has 0 bridgehead atoms. The van der Waals surface area contributed by atoms with Crippen molar-refractivity contribution >= 4 is 31.6 Å². The van der Waals surface area contributed by atoms with Crippen LogP contribution in [0.2, 0.25) is 0 Å². The second kappa shape index (κ2) is 7.15. The van der Waals surface area contributed by atoms with Gasteiger partial charge in [-0.25, -0.2) is 8.42 Å². The van der Waals surface area contributed by atoms with Gasteiger partial charge in [0.25, 0.3) is 10.0 Å². The third kappa shape index (κ3) is 3.44. The maximum Gasteiger partial charge on any atom is 0.264 e. The number of rotatable bonds is 6. The standard InChI is InChI=1S/C16H18BrNO3S/c1-3-18(13-8-6-5-7-9-13)22(19,20)14-10-11-15(17)16(12-14)21-4-2/h5-12H,3-4H2,1-2H3. The normalized spacial score (nSPS) is 11.2. The summed E-state index contributed by atoms with van der Waals surface area (Å²) in [6.45, 7) is 4.49. The van der Waals surface area contributed by atoms with Gasteiger partial charge in [-0.1, -0.05) is 18.2 Å². The van der Waals surface area contributed by atoms with Gasteiger partial charge in [-0.05, 0) is 54.0 Å². The average molecular weight is 384 g/mol. The minimum Gasteiger partial charge on any atom is -0.493 e. The number of benzene rings is 2. The summed E-state index contributed by atoms with van der Waals surface area (Å²) in [6, 6.07) is 13.9. The Labute approximate surface area is 139 Å². The maximum atomic E-state index is 12.9. The summed E-state index contributed by atoms with van der Waals surface area (Å²) in [6.07, 6.45) is 0. The van der Waals surface area contributed by atoms with Gasteiger partial charge in [-0.15, -0.1) is 0 Å². The highest BCUT2D eigenvalue weighted by Crippen LogP contribution is 2.30. The molecule has 118 valence electrons. The molecule has 0 saturated carbocycles. The first kappa shape index (κ1) is 16.8. The molecule has 0 heterocycles. The zero-order valence-electron chi connectivity index (χ0n) is 12.5. The van der Waals surface area contributed by atoms with E-state index in [1.54, 1.807) is 30.3 Å². The van der Waals surface area contributed by atoms with Crippen LogP contribution >= 0.6 is 15.9 Å². The van der Waals surface area contributed by atoms with Crippen LogP contribution in [0, 0.1) is 0 Å². The smallest absolute Gasteiger partial charge is 0.264 e. The lowest BCUT2D eigenvalue weighted by molar-refractivity contribution is 0.337. The fourth-order valence-corrected chi connectivity index (χ4v) is 3.97. The highest BCUT2D eigenvalue weighted by molar-refractivity contribution is 9.10. The molecule has 0 spiro atoms. The Morgan fingerprint density at radius 3 is 2.36 bits per heavy atom. The van der Waals surface area contributed by atoms with E-state index in [4.69, 9.17) is 4.74 Å². The molecule has 0 N–H and O–H groups in total. The molecular formula is C16H18BrNO3S. The monoisotopic (exact) mass is 383 g/mol. The van der Waals surface area contributed by atoms with E-state index in [1.807, 2.05) is 32.0 Å². The highest BCUT2D eigenvalue weighted by atomic mass is 79.9. The summed E-state index contributed by atoms with van der Waals surface area (Å²) in [4.78, 5) is 0.213. The number of nitrogens with zero attached hydrogens (tertiary/aromatic N) is 1. The number of ether oxygens (including phenoxy) is 1. The molecule has 0 aliphatic carbocycles. The number of anilines is 1. The Kier molecular flexibility index (Phi) is 5.47. The van der Waals surface area contributed by atoms with Crippen molar-refractivity contribution in [1.82, 2.24) is 0 Å². The van der Waals surface area contributed by atoms with E-state index in [2.05, 4.69) is 15.9 Å². The van der Waals surface area contributed by atoms with Crippen molar-refractivity contribution in [1.29, 1.82) is 0 Å². The largest absolute Gasteiger partial charge is 0.493 e. The number of halogens is 1. The van der Waals surface area contributed by atoms with Crippen molar-refractivity contribution in [2.45, 2.75) is 18.7 Å². The predicted octanol–water partition coefficient (Wildman–Crippen LogP) is 4.06. The second-order valence-electron chi connectivity index (χ2n) is 4.53. The lowest BCUT2D eigenvalue weighted by atomic mass is 10.3. The van der Waals surface area contributed by atoms with Gasteiger partial charge in [0.1, 0.15) is 5.75 Å². The average Bonchev–Trinajstić information content (AvgIpc) is 2.51. The van der Waals surface area contributed by atoms with Crippen LogP contribution < -0.4 is 9.04 Å². The second-order valence-corrected chi connectivity index (χ2v) is 7.25. The third-order valence-electron chi connectivity index (χ3n) is 3.12. The fourth-order valence-electron chi connectivity index (χ4n) is 2.12. The Bertz CT molecular complexity index is 732. The fraction of sp³-hybridized carbons (Fsp3) is 0.250. The van der Waals surface area contributed by atoms with Crippen LogP contribution in [0.1, 0.15) is 13.8 Å². The lowest BCUT2D eigenvalue weighted by Crippen LogP contribution is -2.30. The molecule has 0 aliphatic heterocycles. The topological polar surface area (TPSA) is 46.6 Å². The van der Waals surface area contributed by atoms with E-state index in [0.29, 0.717) is 24.6 Å². The van der Waals surface area contributed by atoms with Crippen molar-refractivity contribution in [3.63, 3.8) is 0 Å². The molecule has 0 saturated heterocycles. The zero-order valence-corrected chi connectivity index (χ0v) is 14.9. The molecule has 2 aromatic carbocycles. The van der Waals surface area contributed by atoms with Gasteiger partial charge in [-0.2, -0.15) is 0 Å². The quantitative estimate of drug-likeness (QED) is 0.755. The number of hydrogen-bond donors (Lipinski definition) is 0. The van der Waals surface area contributed by atoms with Gasteiger partial charge in [0, 0.05) is 12.6 Å². The molecule has 22 heavy (non-hydrogen) atoms. The Hall–Kier alpha value is -1.53. The van der Waals surface area contributed by atoms with Gasteiger partial charge in [0.05, 0.1) is 21.7 Å². The minimum absolute atomic E-state index is 0.213. The lowest BCUT2D eigenvalue weighted by Gasteiger charge is -2.23. The SMILES string of the molecule is CCOc1cc(S(=O)(=O)N(CC)c2ccccc2)ccc1Br. The van der Waals surface area contributed by atoms with Crippen molar-refractivity contribution in [3.8, 4) is 5.75 Å². The van der Waals surface area contributed by atoms with E-state index in [1.165, 1.54) is 4.31 Å². The van der Waals surface area contributed by atoms with E-state index >= 15 is 0 Å². The van der Waals surface area contributed by atoms with Crippen molar-refractivity contribution in [2.24, 2.45) is 0 Å². The van der Waals surface area contributed by atoms with Crippen LogP contribution in [0.25, 0.3) is 0 Å². The molecule has 0 aliphatic rings. The minimum atomic E-state index is -3.63. The molecule has 0 amide bonds. The summed E-state index contributed by atoms with van der Waals surface area (Å²) < 4.78 is 33.3. The molecule has 0 unspecified atom stereocenters. The summed E-state index contributed by atoms with van der Waals surface area (Å²) >= 11 is 3.36. The first-order chi connectivity index (χ1) is 10.5. The van der Waals surface area contributed by atoms with Gasteiger partial charge in [0.2, 0.25) is 0 Å². The predicted molar refractivity (Wildman–Crippen MR) is 92.0 cm³/mol. The third-order valence-corrected chi connectivity index (χ3v) is 5.68. The van der Waals surface area contributed by atoms with Gasteiger partial charge < -0.3 is 4.74 Å². The zero-order chi connectivity index (χ0) is 16.2. The van der Waals surface area contributed by atoms with Gasteiger partial charge in [-0.3, -0.25) is 4.31 Å². The van der Waals surface area contributed by atoms with Gasteiger partial charge in [0.15, 0.2) is 0 Å². The van der Waals surface area contributed by atoms with E-state index in [0.717, 1.165) is 4.47 Å². The van der Waals surface area contributed by atoms with E-state index in [9.17, 15) is 8.42 Å². The molecule has 6 heteroatoms. The first-order valence-corrected chi connectivity index (χ1v) is 9.24. The van der Waals surface area contributed by atoms with Crippen molar-refractivity contribution < 1.29 is 13.2 Å². The Morgan fingerprint density at radius 1 is 1.09 bits per heavy atom. The summed E-state index contributed by atoms with van der Waals surface area (Å²) in [5.74, 6) is 0.521. The molecule has 0 radical (unpaired) electrons. The first-order valence-electron chi connectivity index (χ1n) is 7.00. The van der Waals surface area contributed by atoms with Crippen LogP contribution in [0.4, 0.5) is 5.69 Å². The molecular weight excluding hydrogens is 366 g/mol. The van der Waals surface area contributed by atoms with Gasteiger partial charge >= 0.3 is 0 Å². The van der Waals surface area contributed by atoms with Crippen LogP contribution in [0.15, 0.2) is 57.9 Å².